The molecule has 2 aromatic carbocycles. The molecular weight excluding hydrogens is 262 g/mol. The Kier molecular flexibility index (Phi) is 3.60. The summed E-state index contributed by atoms with van der Waals surface area (Å²) in [5.41, 5.74) is 9.74. The van der Waals surface area contributed by atoms with Crippen molar-refractivity contribution < 1.29 is 4.74 Å². The van der Waals surface area contributed by atoms with Crippen molar-refractivity contribution in [2.24, 2.45) is 0 Å². The lowest BCUT2D eigenvalue weighted by Gasteiger charge is -2.11. The number of hydrogen-bond donors (Lipinski definition) is 2. The molecule has 0 unspecified atom stereocenters. The average Bonchev–Trinajstić information content (AvgIpc) is 2.55. The molecule has 3 N–H and O–H groups in total. The van der Waals surface area contributed by atoms with Crippen LogP contribution in [0.15, 0.2) is 54.7 Å². The van der Waals surface area contributed by atoms with Gasteiger partial charge in [0.25, 0.3) is 0 Å². The maximum Gasteiger partial charge on any atom is 0.119 e. The van der Waals surface area contributed by atoms with Crippen molar-refractivity contribution in [3.05, 3.63) is 60.3 Å². The van der Waals surface area contributed by atoms with Gasteiger partial charge in [-0.25, -0.2) is 0 Å². The highest BCUT2D eigenvalue weighted by Crippen LogP contribution is 2.26. The highest BCUT2D eigenvalue weighted by atomic mass is 16.5. The zero-order valence-electron chi connectivity index (χ0n) is 11.8. The van der Waals surface area contributed by atoms with E-state index >= 15 is 0 Å². The van der Waals surface area contributed by atoms with E-state index in [0.717, 1.165) is 33.6 Å². The van der Waals surface area contributed by atoms with Crippen molar-refractivity contribution in [3.63, 3.8) is 0 Å². The lowest BCUT2D eigenvalue weighted by atomic mass is 10.1. The van der Waals surface area contributed by atoms with Crippen LogP contribution in [-0.4, -0.2) is 12.1 Å². The number of hydrogen-bond acceptors (Lipinski definition) is 4. The Morgan fingerprint density at radius 3 is 2.90 bits per heavy atom. The molecule has 0 fully saturated rings. The molecule has 1 aromatic heterocycles. The fraction of sp³-hybridized carbons (Fsp3) is 0.118. The van der Waals surface area contributed by atoms with Gasteiger partial charge >= 0.3 is 0 Å². The van der Waals surface area contributed by atoms with Gasteiger partial charge in [-0.05, 0) is 42.0 Å². The number of benzene rings is 2. The number of fused-ring (bicyclic) bond motifs is 1. The van der Waals surface area contributed by atoms with Gasteiger partial charge in [0.1, 0.15) is 5.75 Å². The Labute approximate surface area is 123 Å². The van der Waals surface area contributed by atoms with Crippen LogP contribution in [0.4, 0.5) is 11.4 Å². The molecule has 0 saturated heterocycles. The third-order valence-corrected chi connectivity index (χ3v) is 3.42. The number of nitrogens with two attached hydrogens (primary N) is 1. The first kappa shape index (κ1) is 13.2. The van der Waals surface area contributed by atoms with Gasteiger partial charge in [-0.1, -0.05) is 12.1 Å². The largest absolute Gasteiger partial charge is 0.497 e. The summed E-state index contributed by atoms with van der Waals surface area (Å²) >= 11 is 0. The molecule has 0 saturated carbocycles. The van der Waals surface area contributed by atoms with Crippen molar-refractivity contribution in [2.75, 3.05) is 18.2 Å². The molecular formula is C17H17N3O. The summed E-state index contributed by atoms with van der Waals surface area (Å²) in [6.07, 6.45) is 1.78. The van der Waals surface area contributed by atoms with Gasteiger partial charge in [0.2, 0.25) is 0 Å². The Hall–Kier alpha value is -2.75. The Bertz CT molecular complexity index is 771. The molecule has 0 atom stereocenters. The lowest BCUT2D eigenvalue weighted by Crippen LogP contribution is -2.01. The third-order valence-electron chi connectivity index (χ3n) is 3.42. The predicted octanol–water partition coefficient (Wildman–Crippen LogP) is 3.44. The lowest BCUT2D eigenvalue weighted by molar-refractivity contribution is 0.414. The first-order valence-electron chi connectivity index (χ1n) is 6.78. The average molecular weight is 279 g/mol. The van der Waals surface area contributed by atoms with E-state index in [1.54, 1.807) is 13.3 Å². The summed E-state index contributed by atoms with van der Waals surface area (Å²) < 4.78 is 5.24. The van der Waals surface area contributed by atoms with E-state index in [2.05, 4.69) is 16.4 Å². The number of aromatic nitrogens is 1. The topological polar surface area (TPSA) is 60.2 Å². The van der Waals surface area contributed by atoms with Crippen LogP contribution in [0, 0.1) is 0 Å². The molecule has 106 valence electrons. The number of pyridine rings is 1. The van der Waals surface area contributed by atoms with Gasteiger partial charge in [0.15, 0.2) is 0 Å². The molecule has 1 heterocycles. The predicted molar refractivity (Wildman–Crippen MR) is 86.5 cm³/mol. The zero-order valence-corrected chi connectivity index (χ0v) is 11.8. The van der Waals surface area contributed by atoms with Crippen LogP contribution in [0.5, 0.6) is 5.75 Å². The fourth-order valence-electron chi connectivity index (χ4n) is 2.32. The smallest absolute Gasteiger partial charge is 0.119 e. The summed E-state index contributed by atoms with van der Waals surface area (Å²) in [5, 5.41) is 4.37. The van der Waals surface area contributed by atoms with E-state index in [0.29, 0.717) is 6.54 Å². The molecule has 4 nitrogen and oxygen atoms in total. The second-order valence-electron chi connectivity index (χ2n) is 4.81. The van der Waals surface area contributed by atoms with Crippen LogP contribution in [0.2, 0.25) is 0 Å². The number of rotatable bonds is 4. The summed E-state index contributed by atoms with van der Waals surface area (Å²) in [6, 6.07) is 15.7. The fourth-order valence-corrected chi connectivity index (χ4v) is 2.32. The van der Waals surface area contributed by atoms with Crippen LogP contribution in [-0.2, 0) is 6.54 Å². The minimum atomic E-state index is 0.701. The maximum absolute atomic E-state index is 5.99. The number of ether oxygens (including phenoxy) is 1. The summed E-state index contributed by atoms with van der Waals surface area (Å²) in [7, 11) is 1.67. The van der Waals surface area contributed by atoms with Crippen LogP contribution in [0.1, 0.15) is 5.56 Å². The molecule has 21 heavy (non-hydrogen) atoms. The zero-order chi connectivity index (χ0) is 14.7. The molecule has 0 aliphatic carbocycles. The van der Waals surface area contributed by atoms with E-state index in [1.807, 2.05) is 42.5 Å². The molecule has 0 aliphatic rings. The van der Waals surface area contributed by atoms with Crippen LogP contribution in [0.25, 0.3) is 10.9 Å². The monoisotopic (exact) mass is 279 g/mol. The molecule has 3 aromatic rings. The summed E-state index contributed by atoms with van der Waals surface area (Å²) in [5.74, 6) is 0.856. The molecule has 0 aliphatic heterocycles. The highest BCUT2D eigenvalue weighted by Gasteiger charge is 2.05. The minimum Gasteiger partial charge on any atom is -0.497 e. The van der Waals surface area contributed by atoms with Crippen molar-refractivity contribution >= 4 is 22.3 Å². The molecule has 4 heteroatoms. The van der Waals surface area contributed by atoms with Crippen molar-refractivity contribution in [3.8, 4) is 5.75 Å². The highest BCUT2D eigenvalue weighted by molar-refractivity contribution is 5.98. The molecule has 0 bridgehead atoms. The number of nitrogens with zero attached hydrogens (tertiary/aromatic N) is 1. The van der Waals surface area contributed by atoms with E-state index in [1.165, 1.54) is 0 Å². The van der Waals surface area contributed by atoms with Crippen LogP contribution in [0.3, 0.4) is 0 Å². The first-order chi connectivity index (χ1) is 10.3. The molecule has 0 radical (unpaired) electrons. The Morgan fingerprint density at radius 1 is 1.14 bits per heavy atom. The molecule has 3 rings (SSSR count). The number of nitrogens with one attached hydrogen (secondary N) is 1. The van der Waals surface area contributed by atoms with Crippen LogP contribution >= 0.6 is 0 Å². The SMILES string of the molecule is COc1cccc(CNc2ccc(N)c3cccnc23)c1. The van der Waals surface area contributed by atoms with E-state index < -0.39 is 0 Å². The van der Waals surface area contributed by atoms with Crippen molar-refractivity contribution in [1.29, 1.82) is 0 Å². The minimum absolute atomic E-state index is 0.701. The first-order valence-corrected chi connectivity index (χ1v) is 6.78. The second kappa shape index (κ2) is 5.71. The van der Waals surface area contributed by atoms with E-state index in [9.17, 15) is 0 Å². The van der Waals surface area contributed by atoms with Crippen LogP contribution < -0.4 is 15.8 Å². The summed E-state index contributed by atoms with van der Waals surface area (Å²) in [4.78, 5) is 4.42. The quantitative estimate of drug-likeness (QED) is 0.718. The van der Waals surface area contributed by atoms with Gasteiger partial charge in [-0.2, -0.15) is 0 Å². The Balaban J connectivity index is 1.87. The standard InChI is InChI=1S/C17H17N3O/c1-21-13-5-2-4-12(10-13)11-20-16-8-7-15(18)14-6-3-9-19-17(14)16/h2-10,20H,11,18H2,1H3. The summed E-state index contributed by atoms with van der Waals surface area (Å²) in [6.45, 7) is 0.701. The van der Waals surface area contributed by atoms with Gasteiger partial charge in [0, 0.05) is 23.8 Å². The number of methoxy groups -OCH3 is 1. The van der Waals surface area contributed by atoms with Gasteiger partial charge < -0.3 is 15.8 Å². The molecule has 0 amide bonds. The van der Waals surface area contributed by atoms with E-state index in [4.69, 9.17) is 10.5 Å². The normalized spacial score (nSPS) is 10.5. The van der Waals surface area contributed by atoms with Crippen molar-refractivity contribution in [1.82, 2.24) is 4.98 Å². The van der Waals surface area contributed by atoms with Gasteiger partial charge in [0.05, 0.1) is 18.3 Å². The second-order valence-corrected chi connectivity index (χ2v) is 4.81. The molecule has 0 spiro atoms. The third kappa shape index (κ3) is 2.74. The maximum atomic E-state index is 5.99. The Morgan fingerprint density at radius 2 is 2.05 bits per heavy atom. The van der Waals surface area contributed by atoms with E-state index in [-0.39, 0.29) is 0 Å². The van der Waals surface area contributed by atoms with Gasteiger partial charge in [-0.15, -0.1) is 0 Å². The number of nitrogen functional groups attached to an aromatic ring is 1. The number of anilines is 2. The van der Waals surface area contributed by atoms with Gasteiger partial charge in [-0.3, -0.25) is 4.98 Å². The van der Waals surface area contributed by atoms with Crippen molar-refractivity contribution in [2.45, 2.75) is 6.54 Å².